The molecule has 11 heteroatoms. The van der Waals surface area contributed by atoms with Gasteiger partial charge in [0.2, 0.25) is 10.0 Å². The number of sulfonamides is 1. The van der Waals surface area contributed by atoms with Crippen molar-refractivity contribution >= 4 is 50.7 Å². The zero-order valence-corrected chi connectivity index (χ0v) is 19.2. The highest BCUT2D eigenvalue weighted by Gasteiger charge is 2.28. The molecule has 3 aromatic rings. The molecule has 2 aromatic carbocycles. The predicted octanol–water partition coefficient (Wildman–Crippen LogP) is 3.74. The molecule has 164 valence electrons. The highest BCUT2D eigenvalue weighted by molar-refractivity contribution is 8.01. The van der Waals surface area contributed by atoms with E-state index in [9.17, 15) is 23.4 Å². The molecule has 2 atom stereocenters. The topological polar surface area (TPSA) is 117 Å². The van der Waals surface area contributed by atoms with Crippen LogP contribution in [0.4, 0.5) is 0 Å². The fourth-order valence-corrected chi connectivity index (χ4v) is 5.65. The van der Waals surface area contributed by atoms with Crippen LogP contribution in [-0.2, 0) is 14.8 Å². The van der Waals surface area contributed by atoms with E-state index in [4.69, 9.17) is 11.6 Å². The van der Waals surface area contributed by atoms with E-state index >= 15 is 0 Å². The SMILES string of the molecule is O=C(O)C(CC(O)CSc1nccs1)NS(=O)(=O)c1ccc(-c2ccc(Cl)cc2)cc1. The number of nitrogens with zero attached hydrogens (tertiary/aromatic N) is 1. The Morgan fingerprint density at radius 1 is 1.13 bits per heavy atom. The summed E-state index contributed by atoms with van der Waals surface area (Å²) in [6.45, 7) is 0. The van der Waals surface area contributed by atoms with Gasteiger partial charge in [0.1, 0.15) is 10.4 Å². The minimum atomic E-state index is -4.09. The Hall–Kier alpha value is -1.95. The van der Waals surface area contributed by atoms with E-state index in [1.165, 1.54) is 35.2 Å². The summed E-state index contributed by atoms with van der Waals surface area (Å²) in [7, 11) is -4.09. The Morgan fingerprint density at radius 2 is 1.74 bits per heavy atom. The monoisotopic (exact) mass is 498 g/mol. The maximum atomic E-state index is 12.7. The van der Waals surface area contributed by atoms with Crippen LogP contribution in [0.3, 0.4) is 0 Å². The summed E-state index contributed by atoms with van der Waals surface area (Å²) in [6.07, 6.45) is 0.340. The third kappa shape index (κ3) is 6.76. The molecule has 3 rings (SSSR count). The van der Waals surface area contributed by atoms with Crippen LogP contribution in [0.2, 0.25) is 5.02 Å². The molecule has 0 aliphatic rings. The van der Waals surface area contributed by atoms with Crippen LogP contribution in [-0.4, -0.2) is 47.5 Å². The molecule has 0 aliphatic heterocycles. The van der Waals surface area contributed by atoms with Gasteiger partial charge in [0.25, 0.3) is 0 Å². The second-order valence-electron chi connectivity index (χ2n) is 6.54. The van der Waals surface area contributed by atoms with E-state index in [-0.39, 0.29) is 17.1 Å². The smallest absolute Gasteiger partial charge is 0.321 e. The van der Waals surface area contributed by atoms with Gasteiger partial charge in [-0.2, -0.15) is 4.72 Å². The maximum absolute atomic E-state index is 12.7. The molecule has 0 amide bonds. The van der Waals surface area contributed by atoms with Crippen molar-refractivity contribution < 1.29 is 23.4 Å². The molecule has 0 radical (unpaired) electrons. The van der Waals surface area contributed by atoms with Crippen molar-refractivity contribution in [2.45, 2.75) is 27.8 Å². The lowest BCUT2D eigenvalue weighted by Crippen LogP contribution is -2.43. The van der Waals surface area contributed by atoms with Crippen molar-refractivity contribution in [2.75, 3.05) is 5.75 Å². The molecule has 0 spiro atoms. The first-order chi connectivity index (χ1) is 14.7. The lowest BCUT2D eigenvalue weighted by Gasteiger charge is -2.18. The van der Waals surface area contributed by atoms with Gasteiger partial charge < -0.3 is 10.2 Å². The zero-order chi connectivity index (χ0) is 22.4. The lowest BCUT2D eigenvalue weighted by atomic mass is 10.1. The summed E-state index contributed by atoms with van der Waals surface area (Å²) < 4.78 is 28.3. The Kier molecular flexibility index (Phi) is 8.09. The Bertz CT molecular complexity index is 1100. The van der Waals surface area contributed by atoms with Crippen LogP contribution in [0.5, 0.6) is 0 Å². The summed E-state index contributed by atoms with van der Waals surface area (Å²) >= 11 is 8.57. The van der Waals surface area contributed by atoms with Crippen molar-refractivity contribution in [3.8, 4) is 11.1 Å². The largest absolute Gasteiger partial charge is 0.480 e. The number of benzene rings is 2. The number of aliphatic hydroxyl groups excluding tert-OH is 1. The minimum Gasteiger partial charge on any atom is -0.480 e. The average Bonchev–Trinajstić information content (AvgIpc) is 3.26. The number of thiazole rings is 1. The maximum Gasteiger partial charge on any atom is 0.321 e. The fraction of sp³-hybridized carbons (Fsp3) is 0.200. The number of halogens is 1. The second-order valence-corrected chi connectivity index (χ2v) is 10.9. The molecule has 0 fully saturated rings. The normalized spacial score (nSPS) is 13.6. The van der Waals surface area contributed by atoms with Crippen molar-refractivity contribution in [1.29, 1.82) is 0 Å². The van der Waals surface area contributed by atoms with Gasteiger partial charge in [0, 0.05) is 28.8 Å². The number of aromatic nitrogens is 1. The molecule has 0 aliphatic carbocycles. The summed E-state index contributed by atoms with van der Waals surface area (Å²) in [5, 5.41) is 22.0. The van der Waals surface area contributed by atoms with Gasteiger partial charge in [-0.3, -0.25) is 4.79 Å². The van der Waals surface area contributed by atoms with Crippen molar-refractivity contribution in [3.05, 3.63) is 65.1 Å². The highest BCUT2D eigenvalue weighted by atomic mass is 35.5. The van der Waals surface area contributed by atoms with Crippen LogP contribution in [0.15, 0.2) is 69.3 Å². The lowest BCUT2D eigenvalue weighted by molar-refractivity contribution is -0.139. The van der Waals surface area contributed by atoms with Crippen LogP contribution >= 0.6 is 34.7 Å². The van der Waals surface area contributed by atoms with Gasteiger partial charge in [-0.1, -0.05) is 47.6 Å². The van der Waals surface area contributed by atoms with E-state index in [0.29, 0.717) is 5.02 Å². The van der Waals surface area contributed by atoms with Crippen LogP contribution in [0.1, 0.15) is 6.42 Å². The van der Waals surface area contributed by atoms with Crippen LogP contribution < -0.4 is 4.72 Å². The molecule has 7 nitrogen and oxygen atoms in total. The molecule has 3 N–H and O–H groups in total. The third-order valence-electron chi connectivity index (χ3n) is 4.25. The Balaban J connectivity index is 1.66. The molecule has 0 bridgehead atoms. The number of thioether (sulfide) groups is 1. The molecule has 1 heterocycles. The quantitative estimate of drug-likeness (QED) is 0.364. The number of carbonyl (C=O) groups is 1. The first kappa shape index (κ1) is 23.7. The summed E-state index contributed by atoms with van der Waals surface area (Å²) in [6, 6.07) is 11.7. The van der Waals surface area contributed by atoms with E-state index < -0.39 is 28.1 Å². The van der Waals surface area contributed by atoms with E-state index in [1.54, 1.807) is 35.8 Å². The van der Waals surface area contributed by atoms with Gasteiger partial charge in [-0.05, 0) is 35.4 Å². The molecule has 1 aromatic heterocycles. The number of hydrogen-bond donors (Lipinski definition) is 3. The molecular weight excluding hydrogens is 480 g/mol. The first-order valence-corrected chi connectivity index (χ1v) is 12.8. The molecule has 0 saturated heterocycles. The summed E-state index contributed by atoms with van der Waals surface area (Å²) in [5.74, 6) is -1.16. The van der Waals surface area contributed by atoms with E-state index in [1.807, 2.05) is 12.1 Å². The minimum absolute atomic E-state index is 0.0666. The van der Waals surface area contributed by atoms with Crippen molar-refractivity contribution in [2.24, 2.45) is 0 Å². The van der Waals surface area contributed by atoms with Gasteiger partial charge >= 0.3 is 5.97 Å². The van der Waals surface area contributed by atoms with Crippen LogP contribution in [0.25, 0.3) is 11.1 Å². The number of carboxylic acids is 1. The number of rotatable bonds is 10. The Morgan fingerprint density at radius 3 is 2.29 bits per heavy atom. The number of carboxylic acid groups (broad SMARTS) is 1. The van der Waals surface area contributed by atoms with Crippen molar-refractivity contribution in [3.63, 3.8) is 0 Å². The standard InChI is InChI=1S/C20H19ClN2O5S3/c21-15-5-1-13(2-6-15)14-3-7-17(8-4-14)31(27,28)23-18(19(25)26)11-16(24)12-30-20-22-9-10-29-20/h1-10,16,18,23-24H,11-12H2,(H,25,26). The molecule has 0 saturated carbocycles. The van der Waals surface area contributed by atoms with E-state index in [0.717, 1.165) is 15.5 Å². The van der Waals surface area contributed by atoms with Crippen molar-refractivity contribution in [1.82, 2.24) is 9.71 Å². The average molecular weight is 499 g/mol. The molecule has 31 heavy (non-hydrogen) atoms. The molecule has 2 unspecified atom stereocenters. The third-order valence-corrected chi connectivity index (χ3v) is 8.10. The molecular formula is C20H19ClN2O5S3. The fourth-order valence-electron chi connectivity index (χ4n) is 2.71. The first-order valence-electron chi connectivity index (χ1n) is 9.06. The van der Waals surface area contributed by atoms with Gasteiger partial charge in [0.05, 0.1) is 11.0 Å². The number of aliphatic hydroxyl groups is 1. The Labute approximate surface area is 193 Å². The van der Waals surface area contributed by atoms with Gasteiger partial charge in [-0.25, -0.2) is 13.4 Å². The number of aliphatic carboxylic acids is 1. The number of nitrogens with one attached hydrogen (secondary N) is 1. The summed E-state index contributed by atoms with van der Waals surface area (Å²) in [5.41, 5.74) is 1.66. The van der Waals surface area contributed by atoms with Gasteiger partial charge in [0.15, 0.2) is 0 Å². The second kappa shape index (κ2) is 10.6. The van der Waals surface area contributed by atoms with E-state index in [2.05, 4.69) is 9.71 Å². The summed E-state index contributed by atoms with van der Waals surface area (Å²) in [4.78, 5) is 15.6. The highest BCUT2D eigenvalue weighted by Crippen LogP contribution is 2.24. The zero-order valence-electron chi connectivity index (χ0n) is 16.0. The van der Waals surface area contributed by atoms with Crippen LogP contribution in [0, 0.1) is 0 Å². The predicted molar refractivity (Wildman–Crippen MR) is 122 cm³/mol. The van der Waals surface area contributed by atoms with Gasteiger partial charge in [-0.15, -0.1) is 11.3 Å². The number of hydrogen-bond acceptors (Lipinski definition) is 7.